The van der Waals surface area contributed by atoms with Gasteiger partial charge in [-0.2, -0.15) is 18.5 Å². The van der Waals surface area contributed by atoms with Crippen LogP contribution < -0.4 is 14.1 Å². The number of methoxy groups -OCH3 is 1. The number of nitrogens with two attached hydrogens (primary N) is 1. The van der Waals surface area contributed by atoms with Crippen LogP contribution in [-0.4, -0.2) is 15.5 Å². The topological polar surface area (TPSA) is 108 Å². The number of fused-ring (bicyclic) bond motifs is 5. The Morgan fingerprint density at radius 1 is 1.19 bits per heavy atom. The Morgan fingerprint density at radius 2 is 1.93 bits per heavy atom. The van der Waals surface area contributed by atoms with E-state index in [-0.39, 0.29) is 5.75 Å². The van der Waals surface area contributed by atoms with Crippen LogP contribution in [0.4, 0.5) is 0 Å². The number of nitrogens with zero attached hydrogens (tertiary/aromatic N) is 1. The summed E-state index contributed by atoms with van der Waals surface area (Å²) in [7, 11) is -2.73. The highest BCUT2D eigenvalue weighted by Crippen LogP contribution is 2.63. The summed E-state index contributed by atoms with van der Waals surface area (Å²) in [6.07, 6.45) is 6.67. The first-order valence-corrected chi connectivity index (χ1v) is 11.0. The van der Waals surface area contributed by atoms with Gasteiger partial charge in [0.1, 0.15) is 6.04 Å². The van der Waals surface area contributed by atoms with Crippen molar-refractivity contribution in [3.05, 3.63) is 28.2 Å². The van der Waals surface area contributed by atoms with Crippen LogP contribution in [0.3, 0.4) is 0 Å². The standard InChI is InChI=1S/C19H26N2O5S/c1-19-6-3-4-15(19)13-8-16(21-22)14-10-18(26-27(20,23)24)17(25-2)9-12(14)11(13)5-7-19/h9-11,13,15-16H,3-8H2,1-2H3,(H2,20,23,24)/t11?,13?,15?,16?,19-/m0/s1. The van der Waals surface area contributed by atoms with Crippen LogP contribution in [0, 0.1) is 22.2 Å². The van der Waals surface area contributed by atoms with Crippen molar-refractivity contribution in [2.45, 2.75) is 57.4 Å². The largest absolute Gasteiger partial charge is 0.493 e. The molecule has 2 N–H and O–H groups in total. The Hall–Kier alpha value is -1.67. The van der Waals surface area contributed by atoms with Gasteiger partial charge in [0.05, 0.1) is 7.11 Å². The van der Waals surface area contributed by atoms with E-state index in [4.69, 9.17) is 14.1 Å². The smallest absolute Gasteiger partial charge is 0.380 e. The van der Waals surface area contributed by atoms with Gasteiger partial charge < -0.3 is 8.92 Å². The zero-order valence-electron chi connectivity index (χ0n) is 15.7. The van der Waals surface area contributed by atoms with E-state index in [0.717, 1.165) is 17.5 Å². The van der Waals surface area contributed by atoms with E-state index < -0.39 is 16.3 Å². The molecule has 1 aromatic rings. The van der Waals surface area contributed by atoms with Crippen LogP contribution in [0.1, 0.15) is 68.5 Å². The van der Waals surface area contributed by atoms with Gasteiger partial charge in [-0.1, -0.05) is 18.5 Å². The minimum absolute atomic E-state index is 0.00682. The Bertz CT molecular complexity index is 871. The monoisotopic (exact) mass is 394 g/mol. The van der Waals surface area contributed by atoms with Crippen molar-refractivity contribution in [1.82, 2.24) is 0 Å². The highest BCUT2D eigenvalue weighted by Gasteiger charge is 2.52. The maximum atomic E-state index is 11.7. The molecule has 0 saturated heterocycles. The summed E-state index contributed by atoms with van der Waals surface area (Å²) in [5, 5.41) is 8.41. The minimum Gasteiger partial charge on any atom is -0.493 e. The molecule has 2 fully saturated rings. The van der Waals surface area contributed by atoms with Gasteiger partial charge in [-0.15, -0.1) is 0 Å². The molecule has 0 heterocycles. The minimum atomic E-state index is -4.19. The van der Waals surface area contributed by atoms with E-state index in [1.165, 1.54) is 32.8 Å². The molecule has 27 heavy (non-hydrogen) atoms. The van der Waals surface area contributed by atoms with E-state index in [1.54, 1.807) is 6.07 Å². The normalized spacial score (nSPS) is 34.9. The number of hydrogen-bond acceptors (Lipinski definition) is 6. The first kappa shape index (κ1) is 18.7. The molecule has 7 nitrogen and oxygen atoms in total. The molecule has 0 amide bonds. The molecule has 3 aliphatic carbocycles. The number of hydrogen-bond donors (Lipinski definition) is 1. The molecule has 0 aromatic heterocycles. The number of nitroso groups, excluding NO2 is 1. The molecule has 5 atom stereocenters. The molecular formula is C19H26N2O5S. The van der Waals surface area contributed by atoms with Gasteiger partial charge in [-0.3, -0.25) is 0 Å². The van der Waals surface area contributed by atoms with Crippen molar-refractivity contribution in [1.29, 1.82) is 0 Å². The fourth-order valence-electron chi connectivity index (χ4n) is 6.03. The molecule has 4 unspecified atom stereocenters. The second-order valence-corrected chi connectivity index (χ2v) is 9.68. The summed E-state index contributed by atoms with van der Waals surface area (Å²) in [5.74, 6) is 1.70. The number of rotatable bonds is 4. The van der Waals surface area contributed by atoms with Crippen LogP contribution in [0.15, 0.2) is 17.3 Å². The zero-order chi connectivity index (χ0) is 19.4. The number of ether oxygens (including phenoxy) is 1. The zero-order valence-corrected chi connectivity index (χ0v) is 16.5. The van der Waals surface area contributed by atoms with Crippen LogP contribution in [0.2, 0.25) is 0 Å². The summed E-state index contributed by atoms with van der Waals surface area (Å²) in [6.45, 7) is 2.39. The third-order valence-electron chi connectivity index (χ3n) is 7.17. The van der Waals surface area contributed by atoms with Crippen molar-refractivity contribution >= 4 is 10.3 Å². The van der Waals surface area contributed by atoms with Gasteiger partial charge in [0.25, 0.3) is 0 Å². The van der Waals surface area contributed by atoms with Gasteiger partial charge in [0.15, 0.2) is 11.5 Å². The predicted molar refractivity (Wildman–Crippen MR) is 101 cm³/mol. The Balaban J connectivity index is 1.80. The van der Waals surface area contributed by atoms with Crippen molar-refractivity contribution < 1.29 is 17.3 Å². The lowest BCUT2D eigenvalue weighted by Crippen LogP contribution is -2.40. The lowest BCUT2D eigenvalue weighted by Gasteiger charge is -2.50. The molecule has 0 bridgehead atoms. The summed E-state index contributed by atoms with van der Waals surface area (Å²) in [4.78, 5) is 11.7. The maximum Gasteiger partial charge on any atom is 0.380 e. The van der Waals surface area contributed by atoms with Gasteiger partial charge >= 0.3 is 10.3 Å². The quantitative estimate of drug-likeness (QED) is 0.782. The van der Waals surface area contributed by atoms with Gasteiger partial charge in [-0.05, 0) is 78.5 Å². The molecule has 2 saturated carbocycles. The third-order valence-corrected chi connectivity index (χ3v) is 7.59. The molecule has 0 aliphatic heterocycles. The fraction of sp³-hybridized carbons (Fsp3) is 0.684. The van der Waals surface area contributed by atoms with E-state index in [1.807, 2.05) is 6.07 Å². The van der Waals surface area contributed by atoms with Crippen LogP contribution in [-0.2, 0) is 10.3 Å². The summed E-state index contributed by atoms with van der Waals surface area (Å²) in [6, 6.07) is 2.89. The molecule has 0 radical (unpaired) electrons. The molecule has 0 spiro atoms. The highest BCUT2D eigenvalue weighted by molar-refractivity contribution is 7.84. The summed E-state index contributed by atoms with van der Waals surface area (Å²) >= 11 is 0. The fourth-order valence-corrected chi connectivity index (χ4v) is 6.41. The van der Waals surface area contributed by atoms with Crippen molar-refractivity contribution in [2.75, 3.05) is 7.11 Å². The van der Waals surface area contributed by atoms with Crippen LogP contribution in [0.5, 0.6) is 11.5 Å². The molecule has 3 aliphatic rings. The van der Waals surface area contributed by atoms with E-state index in [2.05, 4.69) is 12.1 Å². The number of benzene rings is 1. The van der Waals surface area contributed by atoms with Crippen molar-refractivity contribution in [3.63, 3.8) is 0 Å². The summed E-state index contributed by atoms with van der Waals surface area (Å²) in [5.41, 5.74) is 2.16. The predicted octanol–water partition coefficient (Wildman–Crippen LogP) is 3.79. The van der Waals surface area contributed by atoms with Gasteiger partial charge in [-0.25, -0.2) is 0 Å². The average molecular weight is 394 g/mol. The van der Waals surface area contributed by atoms with Crippen molar-refractivity contribution in [2.24, 2.45) is 27.6 Å². The Kier molecular flexibility index (Phi) is 4.46. The lowest BCUT2D eigenvalue weighted by atomic mass is 9.55. The lowest BCUT2D eigenvalue weighted by molar-refractivity contribution is 0.0541. The third kappa shape index (κ3) is 3.12. The molecule has 4 rings (SSSR count). The summed E-state index contributed by atoms with van der Waals surface area (Å²) < 4.78 is 33.0. The molecule has 148 valence electrons. The highest BCUT2D eigenvalue weighted by atomic mass is 32.2. The molecule has 8 heteroatoms. The first-order chi connectivity index (χ1) is 12.8. The first-order valence-electron chi connectivity index (χ1n) is 9.52. The van der Waals surface area contributed by atoms with Gasteiger partial charge in [0, 0.05) is 0 Å². The molecule has 1 aromatic carbocycles. The average Bonchev–Trinajstić information content (AvgIpc) is 3.01. The van der Waals surface area contributed by atoms with Crippen molar-refractivity contribution in [3.8, 4) is 11.5 Å². The van der Waals surface area contributed by atoms with E-state index >= 15 is 0 Å². The SMILES string of the molecule is COc1cc2c(cc1OS(N)(=O)=O)C(N=O)CC1C2CC[C@]2(C)CCCC12. The second-order valence-electron chi connectivity index (χ2n) is 8.53. The van der Waals surface area contributed by atoms with E-state index in [9.17, 15) is 13.3 Å². The Labute approximate surface area is 159 Å². The van der Waals surface area contributed by atoms with Crippen LogP contribution >= 0.6 is 0 Å². The molecular weight excluding hydrogens is 368 g/mol. The van der Waals surface area contributed by atoms with E-state index in [0.29, 0.717) is 35.3 Å². The second kappa shape index (κ2) is 6.44. The van der Waals surface area contributed by atoms with Gasteiger partial charge in [0.2, 0.25) is 0 Å². The maximum absolute atomic E-state index is 11.7. The van der Waals surface area contributed by atoms with Crippen LogP contribution in [0.25, 0.3) is 0 Å². The Morgan fingerprint density at radius 3 is 2.59 bits per heavy atom.